The fourth-order valence-corrected chi connectivity index (χ4v) is 3.20. The molecule has 19 heavy (non-hydrogen) atoms. The molecular weight excluding hydrogens is 244 g/mol. The number of hydrogen-bond donors (Lipinski definition) is 4. The van der Waals surface area contributed by atoms with Crippen LogP contribution >= 0.6 is 0 Å². The van der Waals surface area contributed by atoms with Gasteiger partial charge in [-0.15, -0.1) is 0 Å². The lowest BCUT2D eigenvalue weighted by Crippen LogP contribution is -2.55. The van der Waals surface area contributed by atoms with Gasteiger partial charge < -0.3 is 21.7 Å². The van der Waals surface area contributed by atoms with Crippen molar-refractivity contribution in [3.63, 3.8) is 0 Å². The van der Waals surface area contributed by atoms with Crippen LogP contribution in [-0.2, 0) is 4.79 Å². The standard InChI is InChI=1S/C13H24N4O2/c14-13(19)16-8-7-15-12(18)11-6-5-9-3-1-2-4-10(9)17-11/h9-11,17H,1-8H2,(H,15,18)(H3,14,16,19). The number of nitrogens with one attached hydrogen (secondary N) is 3. The summed E-state index contributed by atoms with van der Waals surface area (Å²) in [5, 5.41) is 8.77. The van der Waals surface area contributed by atoms with E-state index in [0.29, 0.717) is 19.1 Å². The molecule has 1 aliphatic carbocycles. The van der Waals surface area contributed by atoms with Gasteiger partial charge in [-0.2, -0.15) is 0 Å². The number of primary amides is 1. The molecule has 108 valence electrons. The van der Waals surface area contributed by atoms with E-state index in [1.54, 1.807) is 0 Å². The van der Waals surface area contributed by atoms with Crippen LogP contribution < -0.4 is 21.7 Å². The largest absolute Gasteiger partial charge is 0.353 e. The predicted molar refractivity (Wildman–Crippen MR) is 72.5 cm³/mol. The van der Waals surface area contributed by atoms with Crippen molar-refractivity contribution in [1.29, 1.82) is 0 Å². The van der Waals surface area contributed by atoms with Crippen LogP contribution in [0, 0.1) is 5.92 Å². The summed E-state index contributed by atoms with van der Waals surface area (Å²) >= 11 is 0. The van der Waals surface area contributed by atoms with Crippen molar-refractivity contribution in [2.75, 3.05) is 13.1 Å². The summed E-state index contributed by atoms with van der Waals surface area (Å²) in [4.78, 5) is 22.5. The fourth-order valence-electron chi connectivity index (χ4n) is 3.20. The third kappa shape index (κ3) is 4.09. The number of nitrogens with two attached hydrogens (primary N) is 1. The summed E-state index contributed by atoms with van der Waals surface area (Å²) < 4.78 is 0. The average Bonchev–Trinajstić information content (AvgIpc) is 2.42. The summed E-state index contributed by atoms with van der Waals surface area (Å²) in [7, 11) is 0. The Hall–Kier alpha value is -1.30. The topological polar surface area (TPSA) is 96.2 Å². The van der Waals surface area contributed by atoms with Crippen molar-refractivity contribution < 1.29 is 9.59 Å². The Bertz CT molecular complexity index is 335. The molecule has 0 bridgehead atoms. The minimum atomic E-state index is -0.560. The molecule has 3 unspecified atom stereocenters. The van der Waals surface area contributed by atoms with Gasteiger partial charge in [0.25, 0.3) is 0 Å². The Kier molecular flexibility index (Phi) is 5.01. The first-order valence-corrected chi connectivity index (χ1v) is 7.24. The maximum absolute atomic E-state index is 12.0. The molecule has 1 aliphatic heterocycles. The van der Waals surface area contributed by atoms with Gasteiger partial charge in [0.2, 0.25) is 5.91 Å². The number of hydrogen-bond acceptors (Lipinski definition) is 3. The summed E-state index contributed by atoms with van der Waals surface area (Å²) in [6.07, 6.45) is 7.15. The maximum Gasteiger partial charge on any atom is 0.312 e. The molecule has 0 aromatic rings. The van der Waals surface area contributed by atoms with Crippen LogP contribution in [0.25, 0.3) is 0 Å². The molecule has 2 rings (SSSR count). The number of rotatable bonds is 4. The van der Waals surface area contributed by atoms with Crippen LogP contribution in [0.5, 0.6) is 0 Å². The van der Waals surface area contributed by atoms with E-state index in [1.165, 1.54) is 25.7 Å². The first-order chi connectivity index (χ1) is 9.16. The molecule has 2 fully saturated rings. The molecule has 1 heterocycles. The van der Waals surface area contributed by atoms with Crippen molar-refractivity contribution in [3.05, 3.63) is 0 Å². The number of fused-ring (bicyclic) bond motifs is 1. The quantitative estimate of drug-likeness (QED) is 0.544. The highest BCUT2D eigenvalue weighted by molar-refractivity contribution is 5.82. The van der Waals surface area contributed by atoms with Crippen LogP contribution in [0.2, 0.25) is 0 Å². The molecule has 6 nitrogen and oxygen atoms in total. The summed E-state index contributed by atoms with van der Waals surface area (Å²) in [5.74, 6) is 0.796. The Balaban J connectivity index is 1.69. The zero-order chi connectivity index (χ0) is 13.7. The molecular formula is C13H24N4O2. The van der Waals surface area contributed by atoms with Crippen molar-refractivity contribution in [2.45, 2.75) is 50.6 Å². The van der Waals surface area contributed by atoms with Gasteiger partial charge in [-0.1, -0.05) is 12.8 Å². The van der Waals surface area contributed by atoms with Crippen LogP contribution in [0.4, 0.5) is 4.79 Å². The fraction of sp³-hybridized carbons (Fsp3) is 0.846. The van der Waals surface area contributed by atoms with Gasteiger partial charge in [-0.3, -0.25) is 4.79 Å². The van der Waals surface area contributed by atoms with E-state index >= 15 is 0 Å². The van der Waals surface area contributed by atoms with E-state index in [0.717, 1.165) is 18.8 Å². The Morgan fingerprint density at radius 1 is 1.05 bits per heavy atom. The van der Waals surface area contributed by atoms with E-state index in [-0.39, 0.29) is 11.9 Å². The van der Waals surface area contributed by atoms with E-state index in [4.69, 9.17) is 5.73 Å². The molecule has 5 N–H and O–H groups in total. The van der Waals surface area contributed by atoms with E-state index in [9.17, 15) is 9.59 Å². The Labute approximate surface area is 113 Å². The number of carbonyl (C=O) groups excluding carboxylic acids is 2. The summed E-state index contributed by atoms with van der Waals surface area (Å²) in [6.45, 7) is 0.799. The third-order valence-corrected chi connectivity index (χ3v) is 4.19. The minimum absolute atomic E-state index is 0.0373. The second kappa shape index (κ2) is 6.75. The van der Waals surface area contributed by atoms with E-state index in [1.807, 2.05) is 0 Å². The van der Waals surface area contributed by atoms with Gasteiger partial charge in [0.15, 0.2) is 0 Å². The molecule has 3 amide bonds. The molecule has 0 aromatic heterocycles. The van der Waals surface area contributed by atoms with Gasteiger partial charge in [0.1, 0.15) is 0 Å². The third-order valence-electron chi connectivity index (χ3n) is 4.19. The molecule has 2 aliphatic rings. The van der Waals surface area contributed by atoms with Crippen molar-refractivity contribution in [3.8, 4) is 0 Å². The summed E-state index contributed by atoms with van der Waals surface area (Å²) in [5.41, 5.74) is 4.95. The normalized spacial score (nSPS) is 30.2. The molecule has 1 saturated carbocycles. The zero-order valence-electron chi connectivity index (χ0n) is 11.3. The maximum atomic E-state index is 12.0. The van der Waals surface area contributed by atoms with E-state index in [2.05, 4.69) is 16.0 Å². The first kappa shape index (κ1) is 14.1. The van der Waals surface area contributed by atoms with Gasteiger partial charge in [0.05, 0.1) is 6.04 Å². The van der Waals surface area contributed by atoms with Crippen molar-refractivity contribution in [1.82, 2.24) is 16.0 Å². The minimum Gasteiger partial charge on any atom is -0.353 e. The van der Waals surface area contributed by atoms with Gasteiger partial charge >= 0.3 is 6.03 Å². The zero-order valence-corrected chi connectivity index (χ0v) is 11.3. The first-order valence-electron chi connectivity index (χ1n) is 7.24. The highest BCUT2D eigenvalue weighted by Crippen LogP contribution is 2.32. The second-order valence-corrected chi connectivity index (χ2v) is 5.53. The Morgan fingerprint density at radius 2 is 1.79 bits per heavy atom. The van der Waals surface area contributed by atoms with Crippen molar-refractivity contribution in [2.24, 2.45) is 11.7 Å². The van der Waals surface area contributed by atoms with Crippen LogP contribution in [0.3, 0.4) is 0 Å². The smallest absolute Gasteiger partial charge is 0.312 e. The highest BCUT2D eigenvalue weighted by atomic mass is 16.2. The van der Waals surface area contributed by atoms with E-state index < -0.39 is 6.03 Å². The van der Waals surface area contributed by atoms with Gasteiger partial charge in [-0.05, 0) is 31.6 Å². The lowest BCUT2D eigenvalue weighted by Gasteiger charge is -2.39. The second-order valence-electron chi connectivity index (χ2n) is 5.53. The number of amides is 3. The van der Waals surface area contributed by atoms with Crippen molar-refractivity contribution >= 4 is 11.9 Å². The number of carbonyl (C=O) groups is 2. The van der Waals surface area contributed by atoms with Gasteiger partial charge in [-0.25, -0.2) is 4.79 Å². The molecule has 6 heteroatoms. The molecule has 1 saturated heterocycles. The number of urea groups is 1. The monoisotopic (exact) mass is 268 g/mol. The van der Waals surface area contributed by atoms with Crippen LogP contribution in [0.1, 0.15) is 38.5 Å². The van der Waals surface area contributed by atoms with Crippen LogP contribution in [0.15, 0.2) is 0 Å². The molecule has 0 radical (unpaired) electrons. The Morgan fingerprint density at radius 3 is 2.58 bits per heavy atom. The van der Waals surface area contributed by atoms with Gasteiger partial charge in [0, 0.05) is 19.1 Å². The number of piperidine rings is 1. The average molecular weight is 268 g/mol. The molecule has 0 spiro atoms. The predicted octanol–water partition coefficient (Wildman–Crippen LogP) is 0.0817. The lowest BCUT2D eigenvalue weighted by molar-refractivity contribution is -0.124. The van der Waals surface area contributed by atoms with Crippen LogP contribution in [-0.4, -0.2) is 37.1 Å². The SMILES string of the molecule is NC(=O)NCCNC(=O)C1CCC2CCCCC2N1. The molecule has 0 aromatic carbocycles. The summed E-state index contributed by atoms with van der Waals surface area (Å²) in [6, 6.07) is -0.120. The lowest BCUT2D eigenvalue weighted by atomic mass is 9.77. The molecule has 3 atom stereocenters. The highest BCUT2D eigenvalue weighted by Gasteiger charge is 2.34.